The van der Waals surface area contributed by atoms with Gasteiger partial charge in [0.2, 0.25) is 0 Å². The molecule has 1 heterocycles. The number of rotatable bonds is 4. The van der Waals surface area contributed by atoms with Crippen molar-refractivity contribution in [1.82, 2.24) is 9.78 Å². The maximum absolute atomic E-state index is 13.2. The molecule has 0 amide bonds. The number of aromatic nitrogens is 2. The highest BCUT2D eigenvalue weighted by Gasteiger charge is 2.25. The van der Waals surface area contributed by atoms with E-state index in [0.29, 0.717) is 5.56 Å². The van der Waals surface area contributed by atoms with Crippen molar-refractivity contribution < 1.29 is 28.6 Å². The zero-order chi connectivity index (χ0) is 22.8. The monoisotopic (exact) mass is 426 g/mol. The molecule has 0 spiro atoms. The number of nitrogens with zero attached hydrogens (tertiary/aromatic N) is 2. The quantitative estimate of drug-likeness (QED) is 0.590. The molecule has 2 aromatic carbocycles. The van der Waals surface area contributed by atoms with Crippen molar-refractivity contribution in [1.29, 1.82) is 0 Å². The van der Waals surface area contributed by atoms with Gasteiger partial charge < -0.3 is 14.6 Å². The van der Waals surface area contributed by atoms with Crippen LogP contribution < -0.4 is 0 Å². The normalized spacial score (nSPS) is 11.8. The van der Waals surface area contributed by atoms with Crippen LogP contribution in [0.4, 0.5) is 9.18 Å². The zero-order valence-electron chi connectivity index (χ0n) is 17.7. The number of carbonyl (C=O) groups excluding carboxylic acids is 2. The van der Waals surface area contributed by atoms with Crippen LogP contribution in [-0.4, -0.2) is 39.2 Å². The first-order valence-electron chi connectivity index (χ1n) is 9.69. The number of halogens is 1. The summed E-state index contributed by atoms with van der Waals surface area (Å²) >= 11 is 0. The standard InChI is InChI=1S/C23H23FN2O5/c1-5-30-21(28)16-11-13-18-19(20(16)27)17(12-8-14-6-9-15(24)10-7-14)25-26(18)22(29)31-23(2,3)4/h6-13,27H,5H2,1-4H3. The fraction of sp³-hybridized carbons (Fsp3) is 0.261. The number of aromatic hydroxyl groups is 1. The fourth-order valence-electron chi connectivity index (χ4n) is 2.90. The second-order valence-corrected chi connectivity index (χ2v) is 7.74. The predicted octanol–water partition coefficient (Wildman–Crippen LogP) is 5.01. The summed E-state index contributed by atoms with van der Waals surface area (Å²) in [5.74, 6) is -1.42. The van der Waals surface area contributed by atoms with E-state index in [9.17, 15) is 19.1 Å². The van der Waals surface area contributed by atoms with Crippen LogP contribution >= 0.6 is 0 Å². The molecule has 3 aromatic rings. The van der Waals surface area contributed by atoms with Gasteiger partial charge in [0.1, 0.15) is 22.7 Å². The number of hydrogen-bond acceptors (Lipinski definition) is 6. The van der Waals surface area contributed by atoms with Crippen molar-refractivity contribution in [2.75, 3.05) is 6.61 Å². The van der Waals surface area contributed by atoms with Gasteiger partial charge in [0, 0.05) is 0 Å². The minimum atomic E-state index is -0.758. The highest BCUT2D eigenvalue weighted by molar-refractivity contribution is 6.05. The molecule has 3 rings (SSSR count). The van der Waals surface area contributed by atoms with Crippen LogP contribution in [0.1, 0.15) is 49.3 Å². The molecule has 0 radical (unpaired) electrons. The van der Waals surface area contributed by atoms with E-state index in [4.69, 9.17) is 9.47 Å². The van der Waals surface area contributed by atoms with Gasteiger partial charge in [-0.1, -0.05) is 18.2 Å². The van der Waals surface area contributed by atoms with E-state index in [0.717, 1.165) is 4.68 Å². The van der Waals surface area contributed by atoms with Gasteiger partial charge in [-0.15, -0.1) is 0 Å². The molecule has 162 valence electrons. The van der Waals surface area contributed by atoms with E-state index in [-0.39, 0.29) is 40.3 Å². The minimum Gasteiger partial charge on any atom is -0.506 e. The molecule has 0 saturated carbocycles. The van der Waals surface area contributed by atoms with Gasteiger partial charge in [-0.3, -0.25) is 0 Å². The SMILES string of the molecule is CCOC(=O)c1ccc2c(c(C=Cc3ccc(F)cc3)nn2C(=O)OC(C)(C)C)c1O. The third kappa shape index (κ3) is 4.91. The van der Waals surface area contributed by atoms with E-state index >= 15 is 0 Å². The number of esters is 1. The highest BCUT2D eigenvalue weighted by atomic mass is 19.1. The summed E-state index contributed by atoms with van der Waals surface area (Å²) in [5, 5.41) is 15.3. The number of ether oxygens (including phenoxy) is 2. The Hall–Kier alpha value is -3.68. The maximum Gasteiger partial charge on any atom is 0.435 e. The van der Waals surface area contributed by atoms with Crippen molar-refractivity contribution >= 4 is 35.1 Å². The lowest BCUT2D eigenvalue weighted by Gasteiger charge is -2.19. The summed E-state index contributed by atoms with van der Waals surface area (Å²) in [7, 11) is 0. The summed E-state index contributed by atoms with van der Waals surface area (Å²) < 4.78 is 24.6. The molecular formula is C23H23FN2O5. The molecule has 7 nitrogen and oxygen atoms in total. The molecule has 1 N–H and O–H groups in total. The van der Waals surface area contributed by atoms with Gasteiger partial charge in [0.25, 0.3) is 0 Å². The molecule has 0 aliphatic carbocycles. The second kappa shape index (κ2) is 8.59. The number of hydrogen-bond donors (Lipinski definition) is 1. The van der Waals surface area contributed by atoms with Gasteiger partial charge in [-0.25, -0.2) is 14.0 Å². The van der Waals surface area contributed by atoms with Gasteiger partial charge in [-0.2, -0.15) is 9.78 Å². The Labute approximate surface area is 178 Å². The molecular weight excluding hydrogens is 403 g/mol. The molecule has 0 aliphatic rings. The molecule has 0 saturated heterocycles. The first kappa shape index (κ1) is 22.0. The lowest BCUT2D eigenvalue weighted by atomic mass is 10.1. The van der Waals surface area contributed by atoms with Crippen LogP contribution in [0.5, 0.6) is 5.75 Å². The highest BCUT2D eigenvalue weighted by Crippen LogP contribution is 2.33. The second-order valence-electron chi connectivity index (χ2n) is 7.74. The van der Waals surface area contributed by atoms with E-state index in [1.165, 1.54) is 24.3 Å². The summed E-state index contributed by atoms with van der Waals surface area (Å²) in [5.41, 5.74) is 0.371. The first-order valence-corrected chi connectivity index (χ1v) is 9.69. The molecule has 1 aromatic heterocycles. The van der Waals surface area contributed by atoms with Gasteiger partial charge in [0.15, 0.2) is 0 Å². The van der Waals surface area contributed by atoms with Crippen molar-refractivity contribution in [3.05, 3.63) is 59.0 Å². The third-order valence-electron chi connectivity index (χ3n) is 4.21. The molecule has 0 bridgehead atoms. The van der Waals surface area contributed by atoms with Gasteiger partial charge >= 0.3 is 12.1 Å². The third-order valence-corrected chi connectivity index (χ3v) is 4.21. The number of phenols is 1. The largest absolute Gasteiger partial charge is 0.506 e. The van der Waals surface area contributed by atoms with Crippen molar-refractivity contribution in [3.8, 4) is 5.75 Å². The Morgan fingerprint density at radius 3 is 2.42 bits per heavy atom. The van der Waals surface area contributed by atoms with Crippen LogP contribution in [0.2, 0.25) is 0 Å². The smallest absolute Gasteiger partial charge is 0.435 e. The van der Waals surface area contributed by atoms with E-state index in [1.807, 2.05) is 0 Å². The Bertz CT molecular complexity index is 1160. The van der Waals surface area contributed by atoms with E-state index in [2.05, 4.69) is 5.10 Å². The van der Waals surface area contributed by atoms with Crippen LogP contribution in [0.15, 0.2) is 36.4 Å². The topological polar surface area (TPSA) is 90.7 Å². The summed E-state index contributed by atoms with van der Waals surface area (Å²) in [6, 6.07) is 8.63. The van der Waals surface area contributed by atoms with Gasteiger partial charge in [0.05, 0.1) is 23.2 Å². The number of carbonyl (C=O) groups is 2. The Morgan fingerprint density at radius 1 is 1.13 bits per heavy atom. The van der Waals surface area contributed by atoms with Crippen molar-refractivity contribution in [3.63, 3.8) is 0 Å². The summed E-state index contributed by atoms with van der Waals surface area (Å²) in [6.45, 7) is 6.97. The van der Waals surface area contributed by atoms with Crippen molar-refractivity contribution in [2.45, 2.75) is 33.3 Å². The Balaban J connectivity index is 2.15. The van der Waals surface area contributed by atoms with Gasteiger partial charge in [-0.05, 0) is 63.6 Å². The lowest BCUT2D eigenvalue weighted by molar-refractivity contribution is 0.0514. The van der Waals surface area contributed by atoms with E-state index < -0.39 is 17.7 Å². The minimum absolute atomic E-state index is 0.0467. The predicted molar refractivity (Wildman–Crippen MR) is 114 cm³/mol. The summed E-state index contributed by atoms with van der Waals surface area (Å²) in [6.07, 6.45) is 2.48. The van der Waals surface area contributed by atoms with Crippen LogP contribution in [0.25, 0.3) is 23.1 Å². The van der Waals surface area contributed by atoms with Crippen LogP contribution in [-0.2, 0) is 9.47 Å². The maximum atomic E-state index is 13.2. The zero-order valence-corrected chi connectivity index (χ0v) is 17.7. The van der Waals surface area contributed by atoms with Crippen LogP contribution in [0, 0.1) is 5.82 Å². The van der Waals surface area contributed by atoms with Crippen LogP contribution in [0.3, 0.4) is 0 Å². The fourth-order valence-corrected chi connectivity index (χ4v) is 2.90. The van der Waals surface area contributed by atoms with Crippen molar-refractivity contribution in [2.24, 2.45) is 0 Å². The molecule has 0 fully saturated rings. The Kier molecular flexibility index (Phi) is 6.10. The summed E-state index contributed by atoms with van der Waals surface area (Å²) in [4.78, 5) is 24.9. The first-order chi connectivity index (χ1) is 14.6. The molecule has 0 aliphatic heterocycles. The molecule has 8 heteroatoms. The average molecular weight is 426 g/mol. The Morgan fingerprint density at radius 2 is 1.81 bits per heavy atom. The average Bonchev–Trinajstić information content (AvgIpc) is 3.06. The number of fused-ring (bicyclic) bond motifs is 1. The molecule has 31 heavy (non-hydrogen) atoms. The number of phenolic OH excluding ortho intramolecular Hbond substituents is 1. The van der Waals surface area contributed by atoms with E-state index in [1.54, 1.807) is 52.0 Å². The molecule has 0 unspecified atom stereocenters. The molecule has 0 atom stereocenters. The number of benzene rings is 2. The lowest BCUT2D eigenvalue weighted by Crippen LogP contribution is -2.27.